The molecular weight excluding hydrogens is 340 g/mol. The number of aliphatic hydroxyl groups is 2. The molecule has 4 N–H and O–H groups in total. The Morgan fingerprint density at radius 2 is 1.65 bits per heavy atom. The summed E-state index contributed by atoms with van der Waals surface area (Å²) in [4.78, 5) is 12.6. The lowest BCUT2D eigenvalue weighted by Crippen LogP contribution is -2.04. The second kappa shape index (κ2) is 7.07. The molecule has 0 fully saturated rings. The molecular formula is C19H18O7. The molecule has 3 rings (SSSR count). The maximum absolute atomic E-state index is 12.6. The third-order valence-electron chi connectivity index (χ3n) is 3.98. The molecule has 0 atom stereocenters. The zero-order valence-corrected chi connectivity index (χ0v) is 14.0. The monoisotopic (exact) mass is 358 g/mol. The molecule has 0 aliphatic heterocycles. The van der Waals surface area contributed by atoms with Gasteiger partial charge in [-0.05, 0) is 36.3 Å². The average molecular weight is 358 g/mol. The second-order valence-electron chi connectivity index (χ2n) is 5.89. The van der Waals surface area contributed by atoms with Crippen molar-refractivity contribution in [3.8, 4) is 17.2 Å². The van der Waals surface area contributed by atoms with E-state index in [0.29, 0.717) is 5.57 Å². The van der Waals surface area contributed by atoms with E-state index in [1.165, 1.54) is 24.3 Å². The molecule has 26 heavy (non-hydrogen) atoms. The van der Waals surface area contributed by atoms with E-state index in [9.17, 15) is 15.0 Å². The quantitative estimate of drug-likeness (QED) is 0.406. The Labute approximate surface area is 148 Å². The highest BCUT2D eigenvalue weighted by Crippen LogP contribution is 2.33. The number of ether oxygens (including phenoxy) is 1. The van der Waals surface area contributed by atoms with Crippen LogP contribution in [-0.2, 0) is 0 Å². The number of hydrogen-bond acceptors (Lipinski definition) is 7. The number of rotatable bonds is 5. The van der Waals surface area contributed by atoms with Crippen molar-refractivity contribution in [2.45, 2.75) is 6.92 Å². The molecule has 0 unspecified atom stereocenters. The van der Waals surface area contributed by atoms with Crippen LogP contribution in [0.3, 0.4) is 0 Å². The molecule has 1 heterocycles. The summed E-state index contributed by atoms with van der Waals surface area (Å²) in [5.74, 6) is -0.288. The maximum atomic E-state index is 12.6. The highest BCUT2D eigenvalue weighted by molar-refractivity contribution is 5.96. The Morgan fingerprint density at radius 1 is 1.04 bits per heavy atom. The van der Waals surface area contributed by atoms with Crippen molar-refractivity contribution in [1.82, 2.24) is 0 Å². The van der Waals surface area contributed by atoms with Gasteiger partial charge in [0, 0.05) is 12.1 Å². The number of hydrogen-bond donors (Lipinski definition) is 4. The number of benzene rings is 2. The van der Waals surface area contributed by atoms with E-state index in [4.69, 9.17) is 19.4 Å². The minimum Gasteiger partial charge on any atom is -0.507 e. The first-order chi connectivity index (χ1) is 12.4. The molecule has 0 radical (unpaired) electrons. The summed E-state index contributed by atoms with van der Waals surface area (Å²) in [6.07, 6.45) is 1.51. The molecule has 2 aromatic carbocycles. The van der Waals surface area contributed by atoms with E-state index in [-0.39, 0.29) is 59.0 Å². The van der Waals surface area contributed by atoms with Gasteiger partial charge in [0.05, 0.1) is 13.2 Å². The molecule has 0 amide bonds. The van der Waals surface area contributed by atoms with Gasteiger partial charge < -0.3 is 29.6 Å². The van der Waals surface area contributed by atoms with Gasteiger partial charge in [0.25, 0.3) is 0 Å². The van der Waals surface area contributed by atoms with E-state index in [2.05, 4.69) is 0 Å². The average Bonchev–Trinajstić information content (AvgIpc) is 2.57. The normalized spacial score (nSPS) is 11.0. The second-order valence-corrected chi connectivity index (χ2v) is 5.89. The van der Waals surface area contributed by atoms with Crippen LogP contribution in [0.4, 0.5) is 0 Å². The summed E-state index contributed by atoms with van der Waals surface area (Å²) < 4.78 is 11.1. The standard InChI is InChI=1S/C19H18O7/c1-10-4-13(22)17-15(5-10)26-16-7-12(6-14(23)18(16)19(17)24)25-3-2-11(8-20)9-21/h2,4-7,20-23H,3,8-9H2,1H3. The van der Waals surface area contributed by atoms with Crippen LogP contribution < -0.4 is 10.2 Å². The van der Waals surface area contributed by atoms with Crippen molar-refractivity contribution in [2.24, 2.45) is 0 Å². The highest BCUT2D eigenvalue weighted by Gasteiger charge is 2.16. The number of fused-ring (bicyclic) bond motifs is 2. The van der Waals surface area contributed by atoms with Gasteiger partial charge in [0.1, 0.15) is 45.8 Å². The van der Waals surface area contributed by atoms with Crippen LogP contribution in [-0.4, -0.2) is 40.2 Å². The molecule has 7 heteroatoms. The van der Waals surface area contributed by atoms with Crippen LogP contribution in [0.2, 0.25) is 0 Å². The number of phenols is 2. The molecule has 1 aromatic heterocycles. The Kier molecular flexibility index (Phi) is 4.83. The fourth-order valence-electron chi connectivity index (χ4n) is 2.69. The number of phenolic OH excluding ortho intramolecular Hbond substituents is 2. The maximum Gasteiger partial charge on any atom is 0.208 e. The lowest BCUT2D eigenvalue weighted by molar-refractivity contribution is 0.272. The van der Waals surface area contributed by atoms with Crippen LogP contribution in [0.1, 0.15) is 5.56 Å². The van der Waals surface area contributed by atoms with E-state index in [1.807, 2.05) is 0 Å². The Bertz CT molecular complexity index is 1060. The van der Waals surface area contributed by atoms with Gasteiger partial charge in [-0.2, -0.15) is 0 Å². The molecule has 0 saturated carbocycles. The van der Waals surface area contributed by atoms with Crippen LogP contribution >= 0.6 is 0 Å². The Hall–Kier alpha value is -3.03. The van der Waals surface area contributed by atoms with Gasteiger partial charge in [-0.3, -0.25) is 4.79 Å². The highest BCUT2D eigenvalue weighted by atomic mass is 16.5. The fraction of sp³-hybridized carbons (Fsp3) is 0.211. The third kappa shape index (κ3) is 3.22. The summed E-state index contributed by atoms with van der Waals surface area (Å²) in [7, 11) is 0. The van der Waals surface area contributed by atoms with Gasteiger partial charge in [0.2, 0.25) is 5.43 Å². The van der Waals surface area contributed by atoms with Crippen LogP contribution in [0.25, 0.3) is 21.9 Å². The predicted molar refractivity (Wildman–Crippen MR) is 95.8 cm³/mol. The SMILES string of the molecule is Cc1cc(O)c2c(=O)c3c(O)cc(OCC=C(CO)CO)cc3oc2c1. The Morgan fingerprint density at radius 3 is 2.31 bits per heavy atom. The largest absolute Gasteiger partial charge is 0.507 e. The molecule has 0 spiro atoms. The van der Waals surface area contributed by atoms with Crippen LogP contribution in [0, 0.1) is 6.92 Å². The first-order valence-electron chi connectivity index (χ1n) is 7.90. The van der Waals surface area contributed by atoms with Crippen LogP contribution in [0.15, 0.2) is 45.1 Å². The molecule has 0 aliphatic carbocycles. The molecule has 7 nitrogen and oxygen atoms in total. The van der Waals surface area contributed by atoms with Gasteiger partial charge in [0.15, 0.2) is 0 Å². The van der Waals surface area contributed by atoms with Gasteiger partial charge in [-0.25, -0.2) is 0 Å². The summed E-state index contributed by atoms with van der Waals surface area (Å²) in [5, 5.41) is 38.2. The summed E-state index contributed by atoms with van der Waals surface area (Å²) in [6.45, 7) is 1.24. The van der Waals surface area contributed by atoms with Crippen LogP contribution in [0.5, 0.6) is 17.2 Å². The van der Waals surface area contributed by atoms with Crippen molar-refractivity contribution in [2.75, 3.05) is 19.8 Å². The smallest absolute Gasteiger partial charge is 0.208 e. The first-order valence-corrected chi connectivity index (χ1v) is 7.90. The van der Waals surface area contributed by atoms with Crippen molar-refractivity contribution >= 4 is 21.9 Å². The first kappa shape index (κ1) is 17.8. The van der Waals surface area contributed by atoms with Crippen molar-refractivity contribution < 1.29 is 29.6 Å². The van der Waals surface area contributed by atoms with Crippen molar-refractivity contribution in [1.29, 1.82) is 0 Å². The van der Waals surface area contributed by atoms with Gasteiger partial charge in [-0.1, -0.05) is 0 Å². The number of aliphatic hydroxyl groups excluding tert-OH is 2. The minimum absolute atomic E-state index is 0.00513. The Balaban J connectivity index is 2.09. The van der Waals surface area contributed by atoms with Crippen molar-refractivity contribution in [3.63, 3.8) is 0 Å². The molecule has 136 valence electrons. The van der Waals surface area contributed by atoms with Gasteiger partial charge in [-0.15, -0.1) is 0 Å². The lowest BCUT2D eigenvalue weighted by atomic mass is 10.1. The third-order valence-corrected chi connectivity index (χ3v) is 3.98. The van der Waals surface area contributed by atoms with E-state index in [1.54, 1.807) is 13.0 Å². The van der Waals surface area contributed by atoms with E-state index < -0.39 is 5.43 Å². The summed E-state index contributed by atoms with van der Waals surface area (Å²) in [6, 6.07) is 5.80. The zero-order chi connectivity index (χ0) is 18.8. The summed E-state index contributed by atoms with van der Waals surface area (Å²) >= 11 is 0. The number of aryl methyl sites for hydroxylation is 1. The minimum atomic E-state index is -0.537. The van der Waals surface area contributed by atoms with E-state index >= 15 is 0 Å². The summed E-state index contributed by atoms with van der Waals surface area (Å²) in [5.41, 5.74) is 0.916. The fourth-order valence-corrected chi connectivity index (χ4v) is 2.69. The predicted octanol–water partition coefficient (Wildman–Crippen LogP) is 1.96. The number of aromatic hydroxyl groups is 2. The molecule has 3 aromatic rings. The van der Waals surface area contributed by atoms with Crippen molar-refractivity contribution in [3.05, 3.63) is 51.7 Å². The lowest BCUT2D eigenvalue weighted by Gasteiger charge is -2.09. The molecule has 0 saturated heterocycles. The molecule has 0 bridgehead atoms. The molecule has 0 aliphatic rings. The van der Waals surface area contributed by atoms with E-state index in [0.717, 1.165) is 5.56 Å². The van der Waals surface area contributed by atoms with Gasteiger partial charge >= 0.3 is 0 Å². The zero-order valence-electron chi connectivity index (χ0n) is 14.0. The topological polar surface area (TPSA) is 120 Å².